The first kappa shape index (κ1) is 12.6. The van der Waals surface area contributed by atoms with E-state index in [0.717, 1.165) is 11.4 Å². The van der Waals surface area contributed by atoms with Crippen LogP contribution in [-0.2, 0) is 20.1 Å². The van der Waals surface area contributed by atoms with Crippen molar-refractivity contribution < 1.29 is 9.50 Å². The minimum Gasteiger partial charge on any atom is -0.505 e. The molecule has 2 aromatic rings. The lowest BCUT2D eigenvalue weighted by Gasteiger charge is -2.16. The molecule has 0 aliphatic rings. The summed E-state index contributed by atoms with van der Waals surface area (Å²) >= 11 is 0. The molecule has 0 aliphatic heterocycles. The largest absolute Gasteiger partial charge is 0.505 e. The van der Waals surface area contributed by atoms with Crippen LogP contribution < -0.4 is 0 Å². The number of aryl methyl sites for hydroxylation is 1. The summed E-state index contributed by atoms with van der Waals surface area (Å²) in [6.45, 7) is 1.29. The van der Waals surface area contributed by atoms with Gasteiger partial charge in [-0.25, -0.2) is 9.37 Å². The number of imidazole rings is 1. The molecule has 0 fully saturated rings. The van der Waals surface area contributed by atoms with Gasteiger partial charge in [0, 0.05) is 26.0 Å². The molecule has 4 nitrogen and oxygen atoms in total. The minimum atomic E-state index is -0.585. The van der Waals surface area contributed by atoms with Crippen LogP contribution in [0.5, 0.6) is 5.75 Å². The van der Waals surface area contributed by atoms with E-state index in [4.69, 9.17) is 5.11 Å². The first-order valence-electron chi connectivity index (χ1n) is 5.68. The molecule has 0 unspecified atom stereocenters. The second-order valence-electron chi connectivity index (χ2n) is 4.41. The summed E-state index contributed by atoms with van der Waals surface area (Å²) in [7, 11) is 3.88. The standard InChI is InChI=1S/C13H16FN3O/c1-16(9-13-15-5-6-17(13)2)8-10-3-4-12(18)11(14)7-10/h3-7,18H,8-9H2,1-2H3. The van der Waals surface area contributed by atoms with E-state index in [1.807, 2.05) is 29.8 Å². The molecule has 5 heteroatoms. The number of hydrogen-bond donors (Lipinski definition) is 1. The summed E-state index contributed by atoms with van der Waals surface area (Å²) in [5.41, 5.74) is 0.821. The van der Waals surface area contributed by atoms with E-state index in [9.17, 15) is 4.39 Å². The van der Waals surface area contributed by atoms with E-state index in [1.54, 1.807) is 12.3 Å². The molecule has 96 valence electrons. The number of aromatic nitrogens is 2. The summed E-state index contributed by atoms with van der Waals surface area (Å²) in [4.78, 5) is 6.27. The number of benzene rings is 1. The smallest absolute Gasteiger partial charge is 0.165 e. The molecule has 0 saturated carbocycles. The summed E-state index contributed by atoms with van der Waals surface area (Å²) in [6, 6.07) is 4.44. The van der Waals surface area contributed by atoms with Gasteiger partial charge < -0.3 is 9.67 Å². The van der Waals surface area contributed by atoms with Crippen LogP contribution in [0.25, 0.3) is 0 Å². The van der Waals surface area contributed by atoms with Crippen LogP contribution in [-0.4, -0.2) is 26.6 Å². The fourth-order valence-electron chi connectivity index (χ4n) is 1.81. The lowest BCUT2D eigenvalue weighted by Crippen LogP contribution is -2.19. The number of rotatable bonds is 4. The van der Waals surface area contributed by atoms with E-state index in [2.05, 4.69) is 4.98 Å². The van der Waals surface area contributed by atoms with Crippen molar-refractivity contribution in [3.8, 4) is 5.75 Å². The molecule has 0 aliphatic carbocycles. The Bertz CT molecular complexity index is 539. The maximum absolute atomic E-state index is 13.2. The number of nitrogens with zero attached hydrogens (tertiary/aromatic N) is 3. The Labute approximate surface area is 105 Å². The highest BCUT2D eigenvalue weighted by atomic mass is 19.1. The Morgan fingerprint density at radius 2 is 2.17 bits per heavy atom. The van der Waals surface area contributed by atoms with Crippen molar-refractivity contribution in [2.75, 3.05) is 7.05 Å². The summed E-state index contributed by atoms with van der Waals surface area (Å²) < 4.78 is 15.1. The molecular formula is C13H16FN3O. The van der Waals surface area contributed by atoms with Gasteiger partial charge in [0.2, 0.25) is 0 Å². The molecule has 0 radical (unpaired) electrons. The molecule has 18 heavy (non-hydrogen) atoms. The molecule has 0 atom stereocenters. The maximum Gasteiger partial charge on any atom is 0.165 e. The highest BCUT2D eigenvalue weighted by Gasteiger charge is 2.07. The zero-order valence-corrected chi connectivity index (χ0v) is 10.5. The van der Waals surface area contributed by atoms with E-state index >= 15 is 0 Å². The van der Waals surface area contributed by atoms with Gasteiger partial charge in [-0.15, -0.1) is 0 Å². The van der Waals surface area contributed by atoms with Gasteiger partial charge in [-0.3, -0.25) is 4.90 Å². The average molecular weight is 249 g/mol. The zero-order valence-electron chi connectivity index (χ0n) is 10.5. The van der Waals surface area contributed by atoms with E-state index < -0.39 is 5.82 Å². The van der Waals surface area contributed by atoms with Gasteiger partial charge in [0.1, 0.15) is 5.82 Å². The number of phenols is 1. The van der Waals surface area contributed by atoms with Crippen LogP contribution >= 0.6 is 0 Å². The van der Waals surface area contributed by atoms with Crippen molar-refractivity contribution in [2.24, 2.45) is 7.05 Å². The van der Waals surface area contributed by atoms with Crippen LogP contribution in [0.4, 0.5) is 4.39 Å². The molecule has 1 aromatic carbocycles. The topological polar surface area (TPSA) is 41.3 Å². The van der Waals surface area contributed by atoms with Crippen LogP contribution in [0.2, 0.25) is 0 Å². The average Bonchev–Trinajstić information content (AvgIpc) is 2.70. The van der Waals surface area contributed by atoms with Crippen LogP contribution in [0.1, 0.15) is 11.4 Å². The lowest BCUT2D eigenvalue weighted by atomic mass is 10.2. The quantitative estimate of drug-likeness (QED) is 0.899. The van der Waals surface area contributed by atoms with Crippen LogP contribution in [0.3, 0.4) is 0 Å². The third-order valence-corrected chi connectivity index (χ3v) is 2.80. The third-order valence-electron chi connectivity index (χ3n) is 2.80. The molecular weight excluding hydrogens is 233 g/mol. The molecule has 1 N–H and O–H groups in total. The van der Waals surface area contributed by atoms with Gasteiger partial charge in [0.05, 0.1) is 6.54 Å². The highest BCUT2D eigenvalue weighted by molar-refractivity contribution is 5.27. The van der Waals surface area contributed by atoms with Crippen molar-refractivity contribution >= 4 is 0 Å². The molecule has 0 amide bonds. The van der Waals surface area contributed by atoms with Gasteiger partial charge in [-0.05, 0) is 24.7 Å². The Kier molecular flexibility index (Phi) is 3.62. The SMILES string of the molecule is CN(Cc1ccc(O)c(F)c1)Cc1nccn1C. The van der Waals surface area contributed by atoms with Gasteiger partial charge in [0.25, 0.3) is 0 Å². The fraction of sp³-hybridized carbons (Fsp3) is 0.308. The van der Waals surface area contributed by atoms with E-state index in [1.165, 1.54) is 12.1 Å². The molecule has 0 spiro atoms. The van der Waals surface area contributed by atoms with Gasteiger partial charge >= 0.3 is 0 Å². The third kappa shape index (κ3) is 2.87. The van der Waals surface area contributed by atoms with Crippen molar-refractivity contribution in [1.82, 2.24) is 14.5 Å². The monoisotopic (exact) mass is 249 g/mol. The Balaban J connectivity index is 2.01. The highest BCUT2D eigenvalue weighted by Crippen LogP contribution is 2.17. The first-order valence-corrected chi connectivity index (χ1v) is 5.68. The Morgan fingerprint density at radius 1 is 1.39 bits per heavy atom. The molecule has 0 bridgehead atoms. The van der Waals surface area contributed by atoms with Gasteiger partial charge in [-0.2, -0.15) is 0 Å². The second kappa shape index (κ2) is 5.18. The Morgan fingerprint density at radius 3 is 2.78 bits per heavy atom. The maximum atomic E-state index is 13.2. The summed E-state index contributed by atoms with van der Waals surface area (Å²) in [5, 5.41) is 9.12. The van der Waals surface area contributed by atoms with Crippen molar-refractivity contribution in [3.05, 3.63) is 47.8 Å². The van der Waals surface area contributed by atoms with Crippen LogP contribution in [0.15, 0.2) is 30.6 Å². The molecule has 1 heterocycles. The number of phenolic OH excluding ortho intramolecular Hbond substituents is 1. The Hall–Kier alpha value is -1.88. The summed E-state index contributed by atoms with van der Waals surface area (Å²) in [5.74, 6) is 0.0557. The molecule has 0 saturated heterocycles. The van der Waals surface area contributed by atoms with Crippen molar-refractivity contribution in [3.63, 3.8) is 0 Å². The van der Waals surface area contributed by atoms with Crippen molar-refractivity contribution in [1.29, 1.82) is 0 Å². The minimum absolute atomic E-state index is 0.314. The van der Waals surface area contributed by atoms with E-state index in [-0.39, 0.29) is 5.75 Å². The zero-order chi connectivity index (χ0) is 13.1. The van der Waals surface area contributed by atoms with Gasteiger partial charge in [-0.1, -0.05) is 6.07 Å². The second-order valence-corrected chi connectivity index (χ2v) is 4.41. The predicted octanol–water partition coefficient (Wildman–Crippen LogP) is 1.90. The van der Waals surface area contributed by atoms with E-state index in [0.29, 0.717) is 13.1 Å². The fourth-order valence-corrected chi connectivity index (χ4v) is 1.81. The van der Waals surface area contributed by atoms with Crippen molar-refractivity contribution in [2.45, 2.75) is 13.1 Å². The lowest BCUT2D eigenvalue weighted by molar-refractivity contribution is 0.306. The van der Waals surface area contributed by atoms with Crippen LogP contribution in [0, 0.1) is 5.82 Å². The summed E-state index contributed by atoms with van der Waals surface area (Å²) in [6.07, 6.45) is 3.65. The first-order chi connectivity index (χ1) is 8.56. The predicted molar refractivity (Wildman–Crippen MR) is 66.4 cm³/mol. The van der Waals surface area contributed by atoms with Gasteiger partial charge in [0.15, 0.2) is 11.6 Å². The molecule has 1 aromatic heterocycles. The molecule has 2 rings (SSSR count). The normalized spacial score (nSPS) is 11.1. The number of halogens is 1. The number of hydrogen-bond acceptors (Lipinski definition) is 3. The number of aromatic hydroxyl groups is 1.